The van der Waals surface area contributed by atoms with Crippen molar-refractivity contribution in [3.8, 4) is 0 Å². The minimum absolute atomic E-state index is 0.500. The molecule has 0 radical (unpaired) electrons. The van der Waals surface area contributed by atoms with Crippen LogP contribution in [0.4, 0.5) is 0 Å². The summed E-state index contributed by atoms with van der Waals surface area (Å²) in [5, 5.41) is 11.9. The van der Waals surface area contributed by atoms with Crippen LogP contribution in [0, 0.1) is 23.2 Å². The van der Waals surface area contributed by atoms with Crippen molar-refractivity contribution in [1.29, 1.82) is 0 Å². The van der Waals surface area contributed by atoms with Crippen LogP contribution in [0.3, 0.4) is 0 Å². The Bertz CT molecular complexity index is 461. The van der Waals surface area contributed by atoms with Gasteiger partial charge in [-0.25, -0.2) is 0 Å². The van der Waals surface area contributed by atoms with Crippen molar-refractivity contribution in [2.45, 2.75) is 58.3 Å². The molecule has 4 heteroatoms. The quantitative estimate of drug-likeness (QED) is 0.818. The van der Waals surface area contributed by atoms with Crippen LogP contribution in [0.15, 0.2) is 4.42 Å². The highest BCUT2D eigenvalue weighted by Gasteiger charge is 2.51. The molecule has 4 fully saturated rings. The maximum absolute atomic E-state index is 5.91. The first-order chi connectivity index (χ1) is 10.2. The van der Waals surface area contributed by atoms with Gasteiger partial charge in [-0.3, -0.25) is 0 Å². The lowest BCUT2D eigenvalue weighted by Crippen LogP contribution is -2.47. The zero-order valence-corrected chi connectivity index (χ0v) is 13.1. The molecule has 0 saturated heterocycles. The standard InChI is InChI=1S/C17H27N3O/c1-2-18-4-3-15-19-20-16(21-15)11-17-8-12-5-13(9-17)7-14(6-12)10-17/h12-14,18H,2-11H2,1H3. The van der Waals surface area contributed by atoms with Gasteiger partial charge in [0.1, 0.15) is 0 Å². The summed E-state index contributed by atoms with van der Waals surface area (Å²) in [7, 11) is 0. The molecule has 4 aliphatic rings. The second-order valence-corrected chi connectivity index (χ2v) is 7.79. The lowest BCUT2D eigenvalue weighted by molar-refractivity contribution is -0.0551. The predicted molar refractivity (Wildman–Crippen MR) is 80.9 cm³/mol. The summed E-state index contributed by atoms with van der Waals surface area (Å²) in [6.45, 7) is 4.04. The predicted octanol–water partition coefficient (Wildman–Crippen LogP) is 2.98. The molecule has 1 N–H and O–H groups in total. The van der Waals surface area contributed by atoms with E-state index in [-0.39, 0.29) is 0 Å². The topological polar surface area (TPSA) is 51.0 Å². The molecule has 0 aromatic carbocycles. The molecule has 0 amide bonds. The summed E-state index contributed by atoms with van der Waals surface area (Å²) in [4.78, 5) is 0. The molecule has 21 heavy (non-hydrogen) atoms. The van der Waals surface area contributed by atoms with E-state index < -0.39 is 0 Å². The zero-order valence-electron chi connectivity index (χ0n) is 13.1. The lowest BCUT2D eigenvalue weighted by Gasteiger charge is -2.56. The Morgan fingerprint density at radius 3 is 2.29 bits per heavy atom. The van der Waals surface area contributed by atoms with E-state index in [9.17, 15) is 0 Å². The van der Waals surface area contributed by atoms with E-state index in [0.29, 0.717) is 5.41 Å². The van der Waals surface area contributed by atoms with Crippen LogP contribution in [0.2, 0.25) is 0 Å². The van der Waals surface area contributed by atoms with Crippen molar-refractivity contribution in [2.24, 2.45) is 23.2 Å². The van der Waals surface area contributed by atoms with Crippen LogP contribution < -0.4 is 5.32 Å². The SMILES string of the molecule is CCNCCc1nnc(CC23CC4CC(CC(C4)C2)C3)o1. The molecule has 0 spiro atoms. The molecule has 1 aromatic rings. The molecule has 0 aliphatic heterocycles. The van der Waals surface area contributed by atoms with Gasteiger partial charge in [0.15, 0.2) is 0 Å². The normalized spacial score (nSPS) is 37.3. The van der Waals surface area contributed by atoms with Crippen molar-refractivity contribution < 1.29 is 4.42 Å². The lowest BCUT2D eigenvalue weighted by atomic mass is 9.49. The van der Waals surface area contributed by atoms with Crippen molar-refractivity contribution >= 4 is 0 Å². The van der Waals surface area contributed by atoms with Crippen LogP contribution in [-0.4, -0.2) is 23.3 Å². The highest BCUT2D eigenvalue weighted by molar-refractivity contribution is 5.04. The minimum Gasteiger partial charge on any atom is -0.425 e. The second kappa shape index (κ2) is 5.38. The monoisotopic (exact) mass is 289 g/mol. The van der Waals surface area contributed by atoms with Gasteiger partial charge < -0.3 is 9.73 Å². The molecule has 116 valence electrons. The number of hydrogen-bond acceptors (Lipinski definition) is 4. The fourth-order valence-corrected chi connectivity index (χ4v) is 5.66. The Morgan fingerprint density at radius 2 is 1.67 bits per heavy atom. The fraction of sp³-hybridized carbons (Fsp3) is 0.882. The fourth-order valence-electron chi connectivity index (χ4n) is 5.66. The van der Waals surface area contributed by atoms with Crippen molar-refractivity contribution in [3.05, 3.63) is 11.8 Å². The largest absolute Gasteiger partial charge is 0.425 e. The summed E-state index contributed by atoms with van der Waals surface area (Å²) in [5.74, 6) is 4.67. The first-order valence-electron chi connectivity index (χ1n) is 8.77. The molecule has 4 aliphatic carbocycles. The average molecular weight is 289 g/mol. The van der Waals surface area contributed by atoms with E-state index in [1.165, 1.54) is 38.5 Å². The van der Waals surface area contributed by atoms with Gasteiger partial charge in [-0.1, -0.05) is 6.92 Å². The van der Waals surface area contributed by atoms with Crippen molar-refractivity contribution in [2.75, 3.05) is 13.1 Å². The zero-order chi connectivity index (χ0) is 14.3. The van der Waals surface area contributed by atoms with Crippen LogP contribution >= 0.6 is 0 Å². The number of rotatable bonds is 6. The molecular formula is C17H27N3O. The van der Waals surface area contributed by atoms with Crippen LogP contribution in [-0.2, 0) is 12.8 Å². The molecule has 4 saturated carbocycles. The molecule has 1 aromatic heterocycles. The van der Waals surface area contributed by atoms with Crippen LogP contribution in [0.5, 0.6) is 0 Å². The van der Waals surface area contributed by atoms with Gasteiger partial charge in [0.25, 0.3) is 0 Å². The molecule has 0 atom stereocenters. The third-order valence-corrected chi connectivity index (χ3v) is 5.97. The van der Waals surface area contributed by atoms with Crippen molar-refractivity contribution in [1.82, 2.24) is 15.5 Å². The molecule has 4 nitrogen and oxygen atoms in total. The van der Waals surface area contributed by atoms with Gasteiger partial charge in [-0.2, -0.15) is 0 Å². The number of nitrogens with one attached hydrogen (secondary N) is 1. The average Bonchev–Trinajstić information content (AvgIpc) is 2.84. The summed E-state index contributed by atoms with van der Waals surface area (Å²) < 4.78 is 5.91. The molecule has 0 unspecified atom stereocenters. The van der Waals surface area contributed by atoms with E-state index in [0.717, 1.165) is 55.5 Å². The Kier molecular flexibility index (Phi) is 3.52. The van der Waals surface area contributed by atoms with Gasteiger partial charge in [0.05, 0.1) is 0 Å². The van der Waals surface area contributed by atoms with E-state index in [1.54, 1.807) is 0 Å². The first kappa shape index (κ1) is 13.7. The Balaban J connectivity index is 1.41. The number of aromatic nitrogens is 2. The van der Waals surface area contributed by atoms with E-state index in [4.69, 9.17) is 4.42 Å². The molecule has 1 heterocycles. The summed E-state index contributed by atoms with van der Waals surface area (Å²) in [6.07, 6.45) is 10.6. The Hall–Kier alpha value is -0.900. The third kappa shape index (κ3) is 2.75. The minimum atomic E-state index is 0.500. The first-order valence-corrected chi connectivity index (χ1v) is 8.77. The smallest absolute Gasteiger partial charge is 0.217 e. The third-order valence-electron chi connectivity index (χ3n) is 5.97. The van der Waals surface area contributed by atoms with Gasteiger partial charge in [-0.05, 0) is 68.2 Å². The summed E-state index contributed by atoms with van der Waals surface area (Å²) in [6, 6.07) is 0. The van der Waals surface area contributed by atoms with Gasteiger partial charge in [0, 0.05) is 19.4 Å². The van der Waals surface area contributed by atoms with Crippen LogP contribution in [0.1, 0.15) is 57.2 Å². The number of nitrogens with zero attached hydrogens (tertiary/aromatic N) is 2. The molecule has 4 bridgehead atoms. The highest BCUT2D eigenvalue weighted by Crippen LogP contribution is 2.60. The van der Waals surface area contributed by atoms with E-state index >= 15 is 0 Å². The molecule has 5 rings (SSSR count). The van der Waals surface area contributed by atoms with Gasteiger partial charge in [-0.15, -0.1) is 10.2 Å². The summed E-state index contributed by atoms with van der Waals surface area (Å²) in [5.41, 5.74) is 0.500. The van der Waals surface area contributed by atoms with Crippen LogP contribution in [0.25, 0.3) is 0 Å². The maximum atomic E-state index is 5.91. The number of hydrogen-bond donors (Lipinski definition) is 1. The highest BCUT2D eigenvalue weighted by atomic mass is 16.4. The van der Waals surface area contributed by atoms with E-state index in [2.05, 4.69) is 22.4 Å². The maximum Gasteiger partial charge on any atom is 0.217 e. The second-order valence-electron chi connectivity index (χ2n) is 7.79. The summed E-state index contributed by atoms with van der Waals surface area (Å²) >= 11 is 0. The molecular weight excluding hydrogens is 262 g/mol. The van der Waals surface area contributed by atoms with Crippen molar-refractivity contribution in [3.63, 3.8) is 0 Å². The van der Waals surface area contributed by atoms with Gasteiger partial charge in [0.2, 0.25) is 11.8 Å². The number of likely N-dealkylation sites (N-methyl/N-ethyl adjacent to an activating group) is 1. The Morgan fingerprint density at radius 1 is 1.05 bits per heavy atom. The van der Waals surface area contributed by atoms with E-state index in [1.807, 2.05) is 0 Å². The Labute approximate surface area is 127 Å². The van der Waals surface area contributed by atoms with Gasteiger partial charge >= 0.3 is 0 Å².